The molecule has 1 aromatic carbocycles. The van der Waals surface area contributed by atoms with Crippen LogP contribution in [0.1, 0.15) is 52.9 Å². The van der Waals surface area contributed by atoms with Crippen LogP contribution in [-0.4, -0.2) is 71.7 Å². The van der Waals surface area contributed by atoms with E-state index in [0.29, 0.717) is 22.6 Å². The van der Waals surface area contributed by atoms with Gasteiger partial charge in [0.2, 0.25) is 17.6 Å². The second-order valence-electron chi connectivity index (χ2n) is 10.00. The third kappa shape index (κ3) is 4.30. The molecule has 2 saturated heterocycles. The molecule has 9 heteroatoms. The lowest BCUT2D eigenvalue weighted by Crippen LogP contribution is -2.48. The van der Waals surface area contributed by atoms with Gasteiger partial charge in [-0.2, -0.15) is 0 Å². The second kappa shape index (κ2) is 9.60. The van der Waals surface area contributed by atoms with Gasteiger partial charge in [0.1, 0.15) is 6.54 Å². The number of aromatic nitrogens is 4. The number of likely N-dealkylation sites (tertiary alicyclic amines) is 2. The highest BCUT2D eigenvalue weighted by molar-refractivity contribution is 7.99. The van der Waals surface area contributed by atoms with E-state index in [0.717, 1.165) is 43.4 Å². The van der Waals surface area contributed by atoms with E-state index in [4.69, 9.17) is 0 Å². The molecule has 0 bridgehead atoms. The fourth-order valence-corrected chi connectivity index (χ4v) is 6.49. The topological polar surface area (TPSA) is 75.7 Å². The van der Waals surface area contributed by atoms with Crippen molar-refractivity contribution in [2.75, 3.05) is 18.8 Å². The third-order valence-electron chi connectivity index (χ3n) is 7.38. The Morgan fingerprint density at radius 1 is 0.971 bits per heavy atom. The second-order valence-corrected chi connectivity index (χ2v) is 10.9. The summed E-state index contributed by atoms with van der Waals surface area (Å²) in [6, 6.07) is 8.52. The first-order valence-corrected chi connectivity index (χ1v) is 13.5. The smallest absolute Gasteiger partial charge is 0.243 e. The molecule has 2 fully saturated rings. The predicted molar refractivity (Wildman–Crippen MR) is 134 cm³/mol. The average molecular weight is 483 g/mol. The van der Waals surface area contributed by atoms with Crippen LogP contribution in [0.25, 0.3) is 16.8 Å². The Balaban J connectivity index is 1.40. The molecule has 2 aliphatic heterocycles. The van der Waals surface area contributed by atoms with Crippen LogP contribution < -0.4 is 0 Å². The molecule has 8 nitrogen and oxygen atoms in total. The van der Waals surface area contributed by atoms with E-state index >= 15 is 0 Å². The minimum absolute atomic E-state index is 0.120. The van der Waals surface area contributed by atoms with Gasteiger partial charge in [0.25, 0.3) is 0 Å². The van der Waals surface area contributed by atoms with Crippen LogP contribution in [0.15, 0.2) is 29.4 Å². The summed E-state index contributed by atoms with van der Waals surface area (Å²) in [6.45, 7) is 8.40. The Kier molecular flexibility index (Phi) is 6.55. The van der Waals surface area contributed by atoms with Gasteiger partial charge in [0.15, 0.2) is 5.16 Å². The van der Waals surface area contributed by atoms with Gasteiger partial charge in [-0.15, -0.1) is 10.2 Å². The van der Waals surface area contributed by atoms with Gasteiger partial charge < -0.3 is 9.80 Å². The van der Waals surface area contributed by atoms with Crippen molar-refractivity contribution in [2.45, 2.75) is 76.7 Å². The Labute approximate surface area is 204 Å². The lowest BCUT2D eigenvalue weighted by Gasteiger charge is -2.39. The van der Waals surface area contributed by atoms with Gasteiger partial charge in [-0.1, -0.05) is 30.8 Å². The fourth-order valence-electron chi connectivity index (χ4n) is 5.65. The van der Waals surface area contributed by atoms with E-state index < -0.39 is 0 Å². The molecule has 5 rings (SSSR count). The maximum absolute atomic E-state index is 13.4. The summed E-state index contributed by atoms with van der Waals surface area (Å²) >= 11 is 1.42. The molecule has 182 valence electrons. The van der Waals surface area contributed by atoms with Crippen LogP contribution in [0.2, 0.25) is 0 Å². The molecule has 4 heterocycles. The number of para-hydroxylation sites is 2. The molecule has 34 heavy (non-hydrogen) atoms. The van der Waals surface area contributed by atoms with Gasteiger partial charge >= 0.3 is 0 Å². The molecule has 2 amide bonds. The van der Waals surface area contributed by atoms with Crippen molar-refractivity contribution in [2.24, 2.45) is 5.92 Å². The summed E-state index contributed by atoms with van der Waals surface area (Å²) in [6.07, 6.45) is 5.53. The van der Waals surface area contributed by atoms with Crippen molar-refractivity contribution < 1.29 is 9.59 Å². The number of rotatable bonds is 5. The summed E-state index contributed by atoms with van der Waals surface area (Å²) in [4.78, 5) is 30.2. The summed E-state index contributed by atoms with van der Waals surface area (Å²) in [5, 5.41) is 9.55. The maximum atomic E-state index is 13.4. The molecular formula is C25H34N6O2S. The minimum atomic E-state index is 0.120. The Morgan fingerprint density at radius 2 is 1.71 bits per heavy atom. The van der Waals surface area contributed by atoms with E-state index in [1.54, 1.807) is 0 Å². The number of carbonyl (C=O) groups excluding carboxylic acids is 2. The van der Waals surface area contributed by atoms with Crippen molar-refractivity contribution in [1.29, 1.82) is 0 Å². The Bertz CT molecular complexity index is 1190. The number of imidazole rings is 1. The Hall–Kier alpha value is -2.55. The van der Waals surface area contributed by atoms with E-state index in [-0.39, 0.29) is 30.4 Å². The van der Waals surface area contributed by atoms with Crippen LogP contribution in [0.3, 0.4) is 0 Å². The van der Waals surface area contributed by atoms with E-state index in [2.05, 4.69) is 31.0 Å². The van der Waals surface area contributed by atoms with Crippen LogP contribution in [0.5, 0.6) is 0 Å². The highest BCUT2D eigenvalue weighted by Crippen LogP contribution is 2.28. The van der Waals surface area contributed by atoms with Gasteiger partial charge in [0, 0.05) is 25.2 Å². The SMILES string of the molecule is C[C@@H]1CCCN(C(=O)CSc2nnc3n(CC(=O)N4[C@H](C)CCC[C@H]4C)c4ccccc4n23)C1. The number of hydrogen-bond donors (Lipinski definition) is 0. The van der Waals surface area contributed by atoms with Crippen molar-refractivity contribution >= 4 is 40.4 Å². The predicted octanol–water partition coefficient (Wildman–Crippen LogP) is 3.82. The maximum Gasteiger partial charge on any atom is 0.243 e. The van der Waals surface area contributed by atoms with Crippen LogP contribution in [-0.2, 0) is 16.1 Å². The van der Waals surface area contributed by atoms with Gasteiger partial charge in [-0.25, -0.2) is 0 Å². The molecule has 2 aliphatic rings. The van der Waals surface area contributed by atoms with Crippen LogP contribution >= 0.6 is 11.8 Å². The normalized spacial score (nSPS) is 23.7. The molecule has 0 aliphatic carbocycles. The first-order chi connectivity index (χ1) is 16.4. The van der Waals surface area contributed by atoms with Crippen LogP contribution in [0.4, 0.5) is 0 Å². The zero-order valence-electron chi connectivity index (χ0n) is 20.3. The number of hydrogen-bond acceptors (Lipinski definition) is 5. The first kappa shape index (κ1) is 23.2. The summed E-state index contributed by atoms with van der Waals surface area (Å²) in [5.74, 6) is 1.82. The van der Waals surface area contributed by atoms with E-state index in [1.807, 2.05) is 43.0 Å². The molecule has 0 N–H and O–H groups in total. The molecule has 3 atom stereocenters. The number of benzene rings is 1. The zero-order chi connectivity index (χ0) is 23.8. The van der Waals surface area contributed by atoms with E-state index in [9.17, 15) is 9.59 Å². The lowest BCUT2D eigenvalue weighted by molar-refractivity contribution is -0.137. The summed E-state index contributed by atoms with van der Waals surface area (Å²) < 4.78 is 3.96. The quantitative estimate of drug-likeness (QED) is 0.517. The zero-order valence-corrected chi connectivity index (χ0v) is 21.1. The average Bonchev–Trinajstić information content (AvgIpc) is 3.37. The first-order valence-electron chi connectivity index (χ1n) is 12.5. The van der Waals surface area contributed by atoms with Crippen molar-refractivity contribution in [3.63, 3.8) is 0 Å². The monoisotopic (exact) mass is 482 g/mol. The molecule has 0 radical (unpaired) electrons. The van der Waals surface area contributed by atoms with Gasteiger partial charge in [-0.05, 0) is 64.0 Å². The molecule has 0 unspecified atom stereocenters. The molecule has 3 aromatic rings. The number of thioether (sulfide) groups is 1. The number of amides is 2. The highest BCUT2D eigenvalue weighted by atomic mass is 32.2. The molecule has 0 saturated carbocycles. The van der Waals surface area contributed by atoms with Crippen molar-refractivity contribution in [1.82, 2.24) is 29.0 Å². The number of carbonyl (C=O) groups is 2. The Morgan fingerprint density at radius 3 is 2.44 bits per heavy atom. The van der Waals surface area contributed by atoms with E-state index in [1.165, 1.54) is 24.6 Å². The van der Waals surface area contributed by atoms with Crippen LogP contribution in [0, 0.1) is 5.92 Å². The van der Waals surface area contributed by atoms with Crippen molar-refractivity contribution in [3.8, 4) is 0 Å². The molecular weight excluding hydrogens is 448 g/mol. The standard InChI is InChI=1S/C25H34N6O2S/c1-17-8-7-13-28(14-17)23(33)16-34-25-27-26-24-29(20-11-4-5-12-21(20)31(24)25)15-22(32)30-18(2)9-6-10-19(30)3/h4-5,11-12,17-19H,6-10,13-16H2,1-3H3/t17-,18-,19-/m1/s1. The minimum Gasteiger partial charge on any atom is -0.342 e. The van der Waals surface area contributed by atoms with Gasteiger partial charge in [-0.3, -0.25) is 18.6 Å². The van der Waals surface area contributed by atoms with Gasteiger partial charge in [0.05, 0.1) is 16.8 Å². The largest absolute Gasteiger partial charge is 0.342 e. The number of fused-ring (bicyclic) bond motifs is 3. The summed E-state index contributed by atoms with van der Waals surface area (Å²) in [7, 11) is 0. The third-order valence-corrected chi connectivity index (χ3v) is 8.29. The number of piperidine rings is 2. The lowest BCUT2D eigenvalue weighted by atomic mass is 9.97. The summed E-state index contributed by atoms with van der Waals surface area (Å²) in [5.41, 5.74) is 1.91. The number of nitrogens with zero attached hydrogens (tertiary/aromatic N) is 6. The fraction of sp³-hybridized carbons (Fsp3) is 0.600. The van der Waals surface area contributed by atoms with Crippen molar-refractivity contribution in [3.05, 3.63) is 24.3 Å². The highest BCUT2D eigenvalue weighted by Gasteiger charge is 2.30. The molecule has 0 spiro atoms. The molecule has 2 aromatic heterocycles.